The second-order valence-corrected chi connectivity index (χ2v) is 4.68. The third kappa shape index (κ3) is 5.08. The van der Waals surface area contributed by atoms with E-state index in [9.17, 15) is 0 Å². The summed E-state index contributed by atoms with van der Waals surface area (Å²) in [7, 11) is 0. The molecule has 1 aliphatic carbocycles. The topological polar surface area (TPSA) is 0 Å². The summed E-state index contributed by atoms with van der Waals surface area (Å²) in [6.07, 6.45) is 5.16. The van der Waals surface area contributed by atoms with Gasteiger partial charge in [-0.15, -0.1) is 6.92 Å². The molecule has 0 heterocycles. The molecule has 0 N–H and O–H groups in total. The molecule has 0 saturated carbocycles. The van der Waals surface area contributed by atoms with Crippen molar-refractivity contribution in [3.63, 3.8) is 0 Å². The average Bonchev–Trinajstić information content (AvgIpc) is 2.30. The van der Waals surface area contributed by atoms with Crippen LogP contribution in [0.15, 0.2) is 41.5 Å². The van der Waals surface area contributed by atoms with Gasteiger partial charge in [-0.1, -0.05) is 57.9 Å². The molecule has 0 aromatic heterocycles. The SMILES string of the molecule is C=CC(=C)C.CC1=[C-]C(C)(C)C(C)=C1C.[Rh]. The van der Waals surface area contributed by atoms with Gasteiger partial charge in [0, 0.05) is 19.5 Å². The minimum Gasteiger partial charge on any atom is -0.263 e. The third-order valence-corrected chi connectivity index (χ3v) is 2.91. The van der Waals surface area contributed by atoms with Crippen molar-refractivity contribution in [1.82, 2.24) is 0 Å². The van der Waals surface area contributed by atoms with E-state index in [1.54, 1.807) is 6.08 Å². The maximum absolute atomic E-state index is 3.56. The monoisotopic (exact) mass is 306 g/mol. The Balaban J connectivity index is 0. The van der Waals surface area contributed by atoms with Crippen LogP contribution in [0.5, 0.6) is 0 Å². The summed E-state index contributed by atoms with van der Waals surface area (Å²) in [4.78, 5) is 0. The zero-order valence-electron chi connectivity index (χ0n) is 11.3. The average molecular weight is 306 g/mol. The van der Waals surface area contributed by atoms with Crippen molar-refractivity contribution in [2.75, 3.05) is 0 Å². The zero-order valence-corrected chi connectivity index (χ0v) is 13.0. The van der Waals surface area contributed by atoms with Crippen molar-refractivity contribution in [3.05, 3.63) is 47.6 Å². The summed E-state index contributed by atoms with van der Waals surface area (Å²) in [5.74, 6) is 0. The molecule has 0 amide bonds. The van der Waals surface area contributed by atoms with E-state index in [1.165, 1.54) is 16.7 Å². The van der Waals surface area contributed by atoms with Gasteiger partial charge in [-0.2, -0.15) is 11.1 Å². The second kappa shape index (κ2) is 7.02. The van der Waals surface area contributed by atoms with E-state index in [1.807, 2.05) is 6.92 Å². The number of hydrogen-bond donors (Lipinski definition) is 0. The van der Waals surface area contributed by atoms with E-state index < -0.39 is 0 Å². The third-order valence-electron chi connectivity index (χ3n) is 2.91. The normalized spacial score (nSPS) is 16.8. The van der Waals surface area contributed by atoms with Crippen LogP contribution < -0.4 is 0 Å². The second-order valence-electron chi connectivity index (χ2n) is 4.68. The Morgan fingerprint density at radius 3 is 1.69 bits per heavy atom. The van der Waals surface area contributed by atoms with Crippen LogP contribution in [-0.4, -0.2) is 0 Å². The number of allylic oxidation sites excluding steroid dienone is 6. The molecule has 1 rings (SSSR count). The minimum atomic E-state index is 0. The molecule has 0 nitrogen and oxygen atoms in total. The summed E-state index contributed by atoms with van der Waals surface area (Å²) in [5, 5.41) is 0. The minimum absolute atomic E-state index is 0. The summed E-state index contributed by atoms with van der Waals surface area (Å²) >= 11 is 0. The van der Waals surface area contributed by atoms with Gasteiger partial charge in [-0.05, 0) is 6.92 Å². The Morgan fingerprint density at radius 2 is 1.62 bits per heavy atom. The van der Waals surface area contributed by atoms with Gasteiger partial charge >= 0.3 is 0 Å². The van der Waals surface area contributed by atoms with Gasteiger partial charge in [0.1, 0.15) is 0 Å². The van der Waals surface area contributed by atoms with E-state index >= 15 is 0 Å². The Morgan fingerprint density at radius 1 is 1.25 bits per heavy atom. The van der Waals surface area contributed by atoms with Gasteiger partial charge in [0.2, 0.25) is 0 Å². The van der Waals surface area contributed by atoms with Crippen LogP contribution in [0.2, 0.25) is 0 Å². The summed E-state index contributed by atoms with van der Waals surface area (Å²) in [6, 6.07) is 0. The molecule has 93 valence electrons. The quantitative estimate of drug-likeness (QED) is 0.369. The van der Waals surface area contributed by atoms with Gasteiger partial charge in [-0.25, -0.2) is 5.57 Å². The van der Waals surface area contributed by atoms with Crippen molar-refractivity contribution >= 4 is 0 Å². The molecule has 0 atom stereocenters. The number of rotatable bonds is 1. The predicted octanol–water partition coefficient (Wildman–Crippen LogP) is 4.86. The number of hydrogen-bond acceptors (Lipinski definition) is 0. The van der Waals surface area contributed by atoms with Crippen molar-refractivity contribution in [1.29, 1.82) is 0 Å². The van der Waals surface area contributed by atoms with Crippen LogP contribution in [0.4, 0.5) is 0 Å². The fourth-order valence-electron chi connectivity index (χ4n) is 1.41. The van der Waals surface area contributed by atoms with Crippen molar-refractivity contribution < 1.29 is 19.5 Å². The van der Waals surface area contributed by atoms with E-state index in [2.05, 4.69) is 53.9 Å². The van der Waals surface area contributed by atoms with Gasteiger partial charge in [-0.3, -0.25) is 6.08 Å². The van der Waals surface area contributed by atoms with Crippen LogP contribution in [0.1, 0.15) is 41.5 Å². The Labute approximate surface area is 114 Å². The molecule has 0 unspecified atom stereocenters. The maximum atomic E-state index is 3.56. The van der Waals surface area contributed by atoms with Crippen LogP contribution in [0.25, 0.3) is 0 Å². The van der Waals surface area contributed by atoms with Crippen molar-refractivity contribution in [3.8, 4) is 0 Å². The van der Waals surface area contributed by atoms with Crippen LogP contribution in [0, 0.1) is 11.5 Å². The van der Waals surface area contributed by atoms with Crippen molar-refractivity contribution in [2.24, 2.45) is 5.41 Å². The van der Waals surface area contributed by atoms with Crippen LogP contribution in [-0.2, 0) is 19.5 Å². The largest absolute Gasteiger partial charge is 0.263 e. The first kappa shape index (κ1) is 18.0. The van der Waals surface area contributed by atoms with Gasteiger partial charge in [0.15, 0.2) is 0 Å². The first-order valence-electron chi connectivity index (χ1n) is 5.30. The van der Waals surface area contributed by atoms with Crippen LogP contribution in [0.3, 0.4) is 0 Å². The molecule has 0 spiro atoms. The fourth-order valence-corrected chi connectivity index (χ4v) is 1.41. The van der Waals surface area contributed by atoms with Gasteiger partial charge in [0.05, 0.1) is 0 Å². The molecule has 0 aromatic rings. The van der Waals surface area contributed by atoms with E-state index in [-0.39, 0.29) is 24.9 Å². The molecule has 0 bridgehead atoms. The van der Waals surface area contributed by atoms with Gasteiger partial charge < -0.3 is 0 Å². The Kier molecular flexibility index (Phi) is 7.88. The molecule has 1 radical (unpaired) electrons. The zero-order chi connectivity index (χ0) is 12.2. The van der Waals surface area contributed by atoms with E-state index in [0.29, 0.717) is 0 Å². The standard InChI is InChI=1S/C10H15.C5H8.Rh/c1-7-6-10(4,5)9(3)8(7)2;1-4-5(2)3;/h1-5H3;4H,1-2H2,3H3;/q-1;;. The Hall–Kier alpha value is -0.417. The smallest absolute Gasteiger partial charge is 0 e. The summed E-state index contributed by atoms with van der Waals surface area (Å²) in [6.45, 7) is 19.8. The molecule has 1 heteroatoms. The Bertz CT molecular complexity index is 327. The first-order chi connectivity index (χ1) is 6.72. The molecule has 0 aromatic carbocycles. The molecular formula is C15H23Rh-. The maximum Gasteiger partial charge on any atom is 0 e. The van der Waals surface area contributed by atoms with Crippen LogP contribution >= 0.6 is 0 Å². The fraction of sp³-hybridized carbons (Fsp3) is 0.467. The summed E-state index contributed by atoms with van der Waals surface area (Å²) in [5.41, 5.74) is 5.41. The first-order valence-corrected chi connectivity index (χ1v) is 5.30. The van der Waals surface area contributed by atoms with Crippen molar-refractivity contribution in [2.45, 2.75) is 41.5 Å². The molecule has 0 saturated heterocycles. The van der Waals surface area contributed by atoms with Gasteiger partial charge in [0.25, 0.3) is 0 Å². The molecule has 0 aliphatic heterocycles. The predicted molar refractivity (Wildman–Crippen MR) is 69.6 cm³/mol. The molecule has 16 heavy (non-hydrogen) atoms. The van der Waals surface area contributed by atoms with E-state index in [4.69, 9.17) is 0 Å². The molecule has 0 fully saturated rings. The van der Waals surface area contributed by atoms with E-state index in [0.717, 1.165) is 5.57 Å². The molecule has 1 aliphatic rings. The molecular weight excluding hydrogens is 283 g/mol. The summed E-state index contributed by atoms with van der Waals surface area (Å²) < 4.78 is 0.